The molecule has 0 radical (unpaired) electrons. The van der Waals surface area contributed by atoms with E-state index in [0.29, 0.717) is 11.3 Å². The molecule has 0 spiro atoms. The fourth-order valence-corrected chi connectivity index (χ4v) is 4.14. The summed E-state index contributed by atoms with van der Waals surface area (Å²) < 4.78 is 11.0. The van der Waals surface area contributed by atoms with Crippen molar-refractivity contribution >= 4 is 16.9 Å². The van der Waals surface area contributed by atoms with Gasteiger partial charge in [-0.05, 0) is 54.5 Å². The molecule has 0 bridgehead atoms. The molecule has 0 aliphatic heterocycles. The van der Waals surface area contributed by atoms with E-state index in [9.17, 15) is 9.59 Å². The maximum absolute atomic E-state index is 12.8. The molecule has 3 aromatic rings. The van der Waals surface area contributed by atoms with Crippen LogP contribution in [0.4, 0.5) is 0 Å². The van der Waals surface area contributed by atoms with Gasteiger partial charge in [0.25, 0.3) is 5.91 Å². The van der Waals surface area contributed by atoms with E-state index in [0.717, 1.165) is 36.6 Å². The molecule has 5 heteroatoms. The highest BCUT2D eigenvalue weighted by molar-refractivity contribution is 5.82. The molecule has 1 unspecified atom stereocenters. The molecule has 2 aromatic carbocycles. The molecule has 1 heterocycles. The standard InChI is InChI=1S/C24H25NO4/c1-3-16-13-24(27)29-22-14-18(11-12-20(16)22)28-15-23(26)25(2)21-10-6-8-17-7-4-5-9-19(17)21/h4-5,7,9,11-14,21H,3,6,8,10,15H2,1-2H3. The number of aryl methyl sites for hydroxylation is 2. The number of benzene rings is 2. The lowest BCUT2D eigenvalue weighted by Crippen LogP contribution is -2.36. The average molecular weight is 391 g/mol. The molecule has 0 fully saturated rings. The molecule has 4 rings (SSSR count). The third kappa shape index (κ3) is 3.90. The highest BCUT2D eigenvalue weighted by Crippen LogP contribution is 2.33. The maximum Gasteiger partial charge on any atom is 0.336 e. The molecular formula is C24H25NO4. The lowest BCUT2D eigenvalue weighted by Gasteiger charge is -2.33. The maximum atomic E-state index is 12.8. The van der Waals surface area contributed by atoms with E-state index < -0.39 is 0 Å². The summed E-state index contributed by atoms with van der Waals surface area (Å²) >= 11 is 0. The van der Waals surface area contributed by atoms with Crippen molar-refractivity contribution in [3.8, 4) is 5.75 Å². The van der Waals surface area contributed by atoms with Crippen LogP contribution >= 0.6 is 0 Å². The number of hydrogen-bond donors (Lipinski definition) is 0. The Hall–Kier alpha value is -3.08. The molecular weight excluding hydrogens is 366 g/mol. The van der Waals surface area contributed by atoms with Gasteiger partial charge in [-0.15, -0.1) is 0 Å². The Morgan fingerprint density at radius 2 is 2.03 bits per heavy atom. The summed E-state index contributed by atoms with van der Waals surface area (Å²) in [6.45, 7) is 1.94. The molecule has 1 aliphatic rings. The fraction of sp³-hybridized carbons (Fsp3) is 0.333. The summed E-state index contributed by atoms with van der Waals surface area (Å²) in [5, 5.41) is 0.890. The van der Waals surface area contributed by atoms with E-state index in [-0.39, 0.29) is 24.2 Å². The van der Waals surface area contributed by atoms with E-state index in [1.165, 1.54) is 17.2 Å². The first-order valence-corrected chi connectivity index (χ1v) is 10.1. The van der Waals surface area contributed by atoms with E-state index >= 15 is 0 Å². The molecule has 1 atom stereocenters. The average Bonchev–Trinajstić information content (AvgIpc) is 2.75. The van der Waals surface area contributed by atoms with E-state index in [4.69, 9.17) is 9.15 Å². The van der Waals surface area contributed by atoms with Gasteiger partial charge < -0.3 is 14.1 Å². The van der Waals surface area contributed by atoms with Crippen LogP contribution in [0.25, 0.3) is 11.0 Å². The normalized spacial score (nSPS) is 15.7. The topological polar surface area (TPSA) is 59.8 Å². The zero-order valence-electron chi connectivity index (χ0n) is 16.8. The number of nitrogens with zero attached hydrogens (tertiary/aromatic N) is 1. The van der Waals surface area contributed by atoms with Crippen molar-refractivity contribution < 1.29 is 13.9 Å². The number of rotatable bonds is 5. The number of carbonyl (C=O) groups excluding carboxylic acids is 1. The minimum Gasteiger partial charge on any atom is -0.484 e. The van der Waals surface area contributed by atoms with Crippen LogP contribution in [0, 0.1) is 0 Å². The lowest BCUT2D eigenvalue weighted by molar-refractivity contribution is -0.134. The van der Waals surface area contributed by atoms with Gasteiger partial charge in [0.15, 0.2) is 6.61 Å². The number of likely N-dealkylation sites (N-methyl/N-ethyl adjacent to an activating group) is 1. The molecule has 0 saturated carbocycles. The number of amides is 1. The molecule has 0 N–H and O–H groups in total. The molecule has 1 aliphatic carbocycles. The Bertz CT molecular complexity index is 1100. The van der Waals surface area contributed by atoms with Gasteiger partial charge in [-0.3, -0.25) is 4.79 Å². The Morgan fingerprint density at radius 3 is 2.86 bits per heavy atom. The monoisotopic (exact) mass is 391 g/mol. The second-order valence-corrected chi connectivity index (χ2v) is 7.50. The zero-order valence-corrected chi connectivity index (χ0v) is 16.8. The van der Waals surface area contributed by atoms with E-state index in [1.54, 1.807) is 11.0 Å². The highest BCUT2D eigenvalue weighted by atomic mass is 16.5. The van der Waals surface area contributed by atoms with Gasteiger partial charge in [0.05, 0.1) is 6.04 Å². The summed E-state index contributed by atoms with van der Waals surface area (Å²) in [6, 6.07) is 15.3. The second kappa shape index (κ2) is 8.11. The van der Waals surface area contributed by atoms with Gasteiger partial charge in [0.1, 0.15) is 11.3 Å². The van der Waals surface area contributed by atoms with Gasteiger partial charge >= 0.3 is 5.63 Å². The van der Waals surface area contributed by atoms with Gasteiger partial charge in [0.2, 0.25) is 0 Å². The first kappa shape index (κ1) is 19.2. The van der Waals surface area contributed by atoms with Crippen molar-refractivity contribution in [2.24, 2.45) is 0 Å². The Labute approximate surface area is 169 Å². The molecule has 29 heavy (non-hydrogen) atoms. The van der Waals surface area contributed by atoms with Crippen molar-refractivity contribution in [1.29, 1.82) is 0 Å². The van der Waals surface area contributed by atoms with Crippen LogP contribution in [0.15, 0.2) is 57.7 Å². The predicted octanol–water partition coefficient (Wildman–Crippen LogP) is 4.27. The molecule has 0 saturated heterocycles. The van der Waals surface area contributed by atoms with Gasteiger partial charge in [0, 0.05) is 24.6 Å². The Balaban J connectivity index is 1.48. The van der Waals surface area contributed by atoms with Crippen LogP contribution in [0.1, 0.15) is 42.5 Å². The first-order valence-electron chi connectivity index (χ1n) is 10.1. The minimum atomic E-state index is -0.377. The molecule has 1 amide bonds. The van der Waals surface area contributed by atoms with Crippen LogP contribution in [0.2, 0.25) is 0 Å². The largest absolute Gasteiger partial charge is 0.484 e. The molecule has 5 nitrogen and oxygen atoms in total. The third-order valence-corrected chi connectivity index (χ3v) is 5.74. The Morgan fingerprint density at radius 1 is 1.21 bits per heavy atom. The van der Waals surface area contributed by atoms with Gasteiger partial charge in [-0.1, -0.05) is 31.2 Å². The quantitative estimate of drug-likeness (QED) is 0.610. The number of fused-ring (bicyclic) bond motifs is 2. The fourth-order valence-electron chi connectivity index (χ4n) is 4.14. The van der Waals surface area contributed by atoms with E-state index in [2.05, 4.69) is 12.1 Å². The number of hydrogen-bond acceptors (Lipinski definition) is 4. The summed E-state index contributed by atoms with van der Waals surface area (Å²) in [4.78, 5) is 26.3. The van der Waals surface area contributed by atoms with E-state index in [1.807, 2.05) is 38.2 Å². The minimum absolute atomic E-state index is 0.0572. The van der Waals surface area contributed by atoms with Crippen LogP contribution in [0.3, 0.4) is 0 Å². The second-order valence-electron chi connectivity index (χ2n) is 7.50. The smallest absolute Gasteiger partial charge is 0.336 e. The Kier molecular flexibility index (Phi) is 5.38. The van der Waals surface area contributed by atoms with Crippen molar-refractivity contribution in [3.63, 3.8) is 0 Å². The van der Waals surface area contributed by atoms with Gasteiger partial charge in [-0.2, -0.15) is 0 Å². The van der Waals surface area contributed by atoms with Crippen molar-refractivity contribution in [1.82, 2.24) is 4.90 Å². The van der Waals surface area contributed by atoms with Gasteiger partial charge in [-0.25, -0.2) is 4.79 Å². The van der Waals surface area contributed by atoms with Crippen molar-refractivity contribution in [2.75, 3.05) is 13.7 Å². The third-order valence-electron chi connectivity index (χ3n) is 5.74. The van der Waals surface area contributed by atoms with Crippen LogP contribution < -0.4 is 10.4 Å². The SMILES string of the molecule is CCc1cc(=O)oc2cc(OCC(=O)N(C)C3CCCc4ccccc43)ccc12. The van der Waals surface area contributed by atoms with Crippen LogP contribution in [-0.2, 0) is 17.6 Å². The number of carbonyl (C=O) groups is 1. The summed E-state index contributed by atoms with van der Waals surface area (Å²) in [7, 11) is 1.84. The predicted molar refractivity (Wildman–Crippen MR) is 112 cm³/mol. The summed E-state index contributed by atoms with van der Waals surface area (Å²) in [5.41, 5.74) is 3.59. The molecule has 1 aromatic heterocycles. The zero-order chi connectivity index (χ0) is 20.4. The lowest BCUT2D eigenvalue weighted by atomic mass is 9.87. The van der Waals surface area contributed by atoms with Crippen molar-refractivity contribution in [2.45, 2.75) is 38.6 Å². The first-order chi connectivity index (χ1) is 14.1. The van der Waals surface area contributed by atoms with Crippen LogP contribution in [0.5, 0.6) is 5.75 Å². The summed E-state index contributed by atoms with van der Waals surface area (Å²) in [5.74, 6) is 0.440. The number of ether oxygens (including phenoxy) is 1. The van der Waals surface area contributed by atoms with Crippen molar-refractivity contribution in [3.05, 3.63) is 75.6 Å². The summed E-state index contributed by atoms with van der Waals surface area (Å²) in [6.07, 6.45) is 3.84. The molecule has 150 valence electrons. The highest BCUT2D eigenvalue weighted by Gasteiger charge is 2.26. The van der Waals surface area contributed by atoms with Crippen LogP contribution in [-0.4, -0.2) is 24.5 Å².